The molecule has 21 heavy (non-hydrogen) atoms. The van der Waals surface area contributed by atoms with Gasteiger partial charge in [-0.3, -0.25) is 4.79 Å². The molecule has 1 aliphatic carbocycles. The second kappa shape index (κ2) is 5.70. The average molecular weight is 299 g/mol. The normalized spacial score (nSPS) is 20.0. The van der Waals surface area contributed by atoms with E-state index in [1.807, 2.05) is 0 Å². The Hall–Kier alpha value is -1.52. The number of hydrogen-bond acceptors (Lipinski definition) is 1. The monoisotopic (exact) mass is 299 g/mol. The smallest absolute Gasteiger partial charge is 0.369 e. The van der Waals surface area contributed by atoms with Crippen molar-refractivity contribution >= 4 is 5.91 Å². The van der Waals surface area contributed by atoms with Crippen molar-refractivity contribution in [2.45, 2.75) is 51.1 Å². The van der Waals surface area contributed by atoms with Crippen molar-refractivity contribution in [2.75, 3.05) is 0 Å². The van der Waals surface area contributed by atoms with E-state index in [2.05, 4.69) is 0 Å². The van der Waals surface area contributed by atoms with Crippen LogP contribution in [0.5, 0.6) is 0 Å². The molecule has 1 fully saturated rings. The predicted octanol–water partition coefficient (Wildman–Crippen LogP) is 4.24. The number of benzene rings is 1. The second-order valence-electron chi connectivity index (χ2n) is 5.89. The lowest BCUT2D eigenvalue weighted by Crippen LogP contribution is -2.43. The van der Waals surface area contributed by atoms with E-state index in [1.165, 1.54) is 12.1 Å². The van der Waals surface area contributed by atoms with Crippen molar-refractivity contribution in [3.63, 3.8) is 0 Å². The van der Waals surface area contributed by atoms with E-state index < -0.39 is 29.0 Å². The zero-order valence-corrected chi connectivity index (χ0v) is 12.0. The summed E-state index contributed by atoms with van der Waals surface area (Å²) in [6, 6.07) is 5.49. The van der Waals surface area contributed by atoms with Gasteiger partial charge in [0.1, 0.15) is 0 Å². The molecule has 2 N–H and O–H groups in total. The van der Waals surface area contributed by atoms with Gasteiger partial charge in [0, 0.05) is 0 Å². The van der Waals surface area contributed by atoms with Gasteiger partial charge in [-0.05, 0) is 30.4 Å². The van der Waals surface area contributed by atoms with Crippen LogP contribution in [0.3, 0.4) is 0 Å². The van der Waals surface area contributed by atoms with Gasteiger partial charge in [0.25, 0.3) is 0 Å². The average Bonchev–Trinajstić information content (AvgIpc) is 2.46. The number of amides is 1. The van der Waals surface area contributed by atoms with Gasteiger partial charge in [-0.2, -0.15) is 13.2 Å². The van der Waals surface area contributed by atoms with Crippen LogP contribution in [0, 0.1) is 5.41 Å². The van der Waals surface area contributed by atoms with Gasteiger partial charge in [-0.15, -0.1) is 0 Å². The van der Waals surface area contributed by atoms with Gasteiger partial charge in [-0.25, -0.2) is 0 Å². The molecule has 0 saturated heterocycles. The van der Waals surface area contributed by atoms with E-state index in [-0.39, 0.29) is 5.56 Å². The van der Waals surface area contributed by atoms with Crippen LogP contribution < -0.4 is 5.73 Å². The minimum Gasteiger partial charge on any atom is -0.369 e. The Kier molecular flexibility index (Phi) is 4.30. The van der Waals surface area contributed by atoms with Gasteiger partial charge < -0.3 is 5.73 Å². The van der Waals surface area contributed by atoms with E-state index in [4.69, 9.17) is 5.73 Å². The van der Waals surface area contributed by atoms with Crippen LogP contribution in [0.4, 0.5) is 13.2 Å². The van der Waals surface area contributed by atoms with Crippen LogP contribution in [0.1, 0.15) is 56.1 Å². The van der Waals surface area contributed by atoms with Crippen LogP contribution in [0.25, 0.3) is 0 Å². The molecule has 2 nitrogen and oxygen atoms in total. The molecule has 0 radical (unpaired) electrons. The molecule has 1 amide bonds. The summed E-state index contributed by atoms with van der Waals surface area (Å²) in [6.45, 7) is 1.70. The standard InChI is InChI=1S/C16H20F3NO/c1-11(15(14(20)21)9-5-2-6-10-15)12-7-3-4-8-13(12)16(17,18)19/h3-4,7-8,11H,2,5-6,9-10H2,1H3,(H2,20,21)/t11-/m1/s1. The molecule has 1 saturated carbocycles. The third-order valence-electron chi connectivity index (χ3n) is 4.80. The Morgan fingerprint density at radius 3 is 2.29 bits per heavy atom. The lowest BCUT2D eigenvalue weighted by atomic mass is 9.63. The van der Waals surface area contributed by atoms with Crippen LogP contribution in [-0.2, 0) is 11.0 Å². The zero-order chi connectivity index (χ0) is 15.7. The lowest BCUT2D eigenvalue weighted by Gasteiger charge is -2.40. The lowest BCUT2D eigenvalue weighted by molar-refractivity contribution is -0.140. The van der Waals surface area contributed by atoms with Crippen LogP contribution in [0.15, 0.2) is 24.3 Å². The van der Waals surface area contributed by atoms with Crippen molar-refractivity contribution in [1.82, 2.24) is 0 Å². The van der Waals surface area contributed by atoms with Crippen molar-refractivity contribution in [3.8, 4) is 0 Å². The van der Waals surface area contributed by atoms with Gasteiger partial charge in [0.05, 0.1) is 11.0 Å². The fraction of sp³-hybridized carbons (Fsp3) is 0.562. The van der Waals surface area contributed by atoms with Crippen molar-refractivity contribution in [1.29, 1.82) is 0 Å². The maximum Gasteiger partial charge on any atom is 0.416 e. The molecule has 0 heterocycles. The largest absolute Gasteiger partial charge is 0.416 e. The maximum absolute atomic E-state index is 13.2. The zero-order valence-electron chi connectivity index (χ0n) is 12.0. The van der Waals surface area contributed by atoms with Gasteiger partial charge in [-0.1, -0.05) is 44.4 Å². The minimum absolute atomic E-state index is 0.172. The first-order valence-corrected chi connectivity index (χ1v) is 7.25. The first-order valence-electron chi connectivity index (χ1n) is 7.25. The molecule has 1 atom stereocenters. The fourth-order valence-electron chi connectivity index (χ4n) is 3.51. The Morgan fingerprint density at radius 1 is 1.19 bits per heavy atom. The van der Waals surface area contributed by atoms with Gasteiger partial charge in [0.2, 0.25) is 5.91 Å². The van der Waals surface area contributed by atoms with Crippen molar-refractivity contribution < 1.29 is 18.0 Å². The highest BCUT2D eigenvalue weighted by molar-refractivity contribution is 5.82. The van der Waals surface area contributed by atoms with Crippen LogP contribution in [-0.4, -0.2) is 5.91 Å². The van der Waals surface area contributed by atoms with Gasteiger partial charge >= 0.3 is 6.18 Å². The topological polar surface area (TPSA) is 43.1 Å². The first kappa shape index (κ1) is 15.9. The third kappa shape index (κ3) is 2.92. The Morgan fingerprint density at radius 2 is 1.76 bits per heavy atom. The summed E-state index contributed by atoms with van der Waals surface area (Å²) in [6.07, 6.45) is -0.616. The molecule has 2 rings (SSSR count). The number of carbonyl (C=O) groups is 1. The van der Waals surface area contributed by atoms with Crippen LogP contribution in [0.2, 0.25) is 0 Å². The number of hydrogen-bond donors (Lipinski definition) is 1. The Balaban J connectivity index is 2.47. The van der Waals surface area contributed by atoms with Crippen LogP contribution >= 0.6 is 0 Å². The molecule has 0 spiro atoms. The summed E-state index contributed by atoms with van der Waals surface area (Å²) in [4.78, 5) is 12.0. The summed E-state index contributed by atoms with van der Waals surface area (Å²) in [5, 5.41) is 0. The molecule has 0 aromatic heterocycles. The predicted molar refractivity (Wildman–Crippen MR) is 74.6 cm³/mol. The third-order valence-corrected chi connectivity index (χ3v) is 4.80. The first-order chi connectivity index (χ1) is 9.79. The number of nitrogens with two attached hydrogens (primary N) is 1. The molecular weight excluding hydrogens is 279 g/mol. The maximum atomic E-state index is 13.2. The van der Waals surface area contributed by atoms with Crippen molar-refractivity contribution in [3.05, 3.63) is 35.4 Å². The molecular formula is C16H20F3NO. The number of primary amides is 1. The van der Waals surface area contributed by atoms with E-state index >= 15 is 0 Å². The van der Waals surface area contributed by atoms with E-state index in [0.717, 1.165) is 25.3 Å². The van der Waals surface area contributed by atoms with Gasteiger partial charge in [0.15, 0.2) is 0 Å². The number of rotatable bonds is 3. The quantitative estimate of drug-likeness (QED) is 0.891. The molecule has 1 aromatic rings. The summed E-state index contributed by atoms with van der Waals surface area (Å²) in [7, 11) is 0. The van der Waals surface area contributed by atoms with Crippen molar-refractivity contribution in [2.24, 2.45) is 11.1 Å². The SMILES string of the molecule is C[C@H](c1ccccc1C(F)(F)F)C1(C(N)=O)CCCCC1. The highest BCUT2D eigenvalue weighted by Crippen LogP contribution is 2.49. The minimum atomic E-state index is -4.42. The summed E-state index contributed by atoms with van der Waals surface area (Å²) < 4.78 is 39.6. The second-order valence-corrected chi connectivity index (χ2v) is 5.89. The highest BCUT2D eigenvalue weighted by Gasteiger charge is 2.46. The molecule has 116 valence electrons. The Bertz CT molecular complexity index is 518. The molecule has 0 bridgehead atoms. The molecule has 0 aliphatic heterocycles. The number of halogens is 3. The molecule has 0 unspecified atom stereocenters. The van der Waals surface area contributed by atoms with E-state index in [9.17, 15) is 18.0 Å². The number of carbonyl (C=O) groups excluding carboxylic acids is 1. The summed E-state index contributed by atoms with van der Waals surface area (Å²) >= 11 is 0. The highest BCUT2D eigenvalue weighted by atomic mass is 19.4. The fourth-order valence-corrected chi connectivity index (χ4v) is 3.51. The summed E-state index contributed by atoms with van der Waals surface area (Å²) in [5.41, 5.74) is 4.23. The van der Waals surface area contributed by atoms with E-state index in [1.54, 1.807) is 13.0 Å². The molecule has 1 aromatic carbocycles. The molecule has 1 aliphatic rings. The summed E-state index contributed by atoms with van der Waals surface area (Å²) in [5.74, 6) is -1.01. The van der Waals surface area contributed by atoms with E-state index in [0.29, 0.717) is 12.8 Å². The Labute approximate surface area is 122 Å². The molecule has 5 heteroatoms. The number of alkyl halides is 3.